The fourth-order valence-corrected chi connectivity index (χ4v) is 5.32. The number of likely N-dealkylation sites (tertiary alicyclic amines) is 1. The minimum absolute atomic E-state index is 0.0497. The van der Waals surface area contributed by atoms with Gasteiger partial charge in [0.25, 0.3) is 11.7 Å². The molecular formula is C33H36N2O5. The van der Waals surface area contributed by atoms with Crippen LogP contribution in [0.25, 0.3) is 5.76 Å². The number of hydrogen-bond acceptors (Lipinski definition) is 6. The van der Waals surface area contributed by atoms with Gasteiger partial charge in [0.05, 0.1) is 31.0 Å². The number of methoxy groups -OCH3 is 1. The lowest BCUT2D eigenvalue weighted by Gasteiger charge is -2.28. The second-order valence-electron chi connectivity index (χ2n) is 11.4. The van der Waals surface area contributed by atoms with Gasteiger partial charge in [0.2, 0.25) is 0 Å². The van der Waals surface area contributed by atoms with Crippen LogP contribution in [0.2, 0.25) is 0 Å². The van der Waals surface area contributed by atoms with E-state index in [0.717, 1.165) is 33.9 Å². The number of carbonyl (C=O) groups is 2. The maximum Gasteiger partial charge on any atom is 0.295 e. The number of nitrogens with zero attached hydrogens (tertiary/aromatic N) is 2. The van der Waals surface area contributed by atoms with Crippen molar-refractivity contribution in [2.45, 2.75) is 38.6 Å². The number of amides is 1. The summed E-state index contributed by atoms with van der Waals surface area (Å²) in [7, 11) is 3.58. The van der Waals surface area contributed by atoms with Gasteiger partial charge in [0.1, 0.15) is 23.9 Å². The van der Waals surface area contributed by atoms with E-state index in [2.05, 4.69) is 20.8 Å². The lowest BCUT2D eigenvalue weighted by molar-refractivity contribution is -0.139. The van der Waals surface area contributed by atoms with Crippen LogP contribution in [-0.4, -0.2) is 55.6 Å². The Labute approximate surface area is 235 Å². The van der Waals surface area contributed by atoms with Gasteiger partial charge in [0, 0.05) is 19.2 Å². The highest BCUT2D eigenvalue weighted by Crippen LogP contribution is 2.41. The van der Waals surface area contributed by atoms with Crippen molar-refractivity contribution >= 4 is 23.1 Å². The molecule has 0 spiro atoms. The molecule has 1 unspecified atom stereocenters. The average molecular weight is 541 g/mol. The van der Waals surface area contributed by atoms with Gasteiger partial charge in [-0.25, -0.2) is 0 Å². The first kappa shape index (κ1) is 27.3. The van der Waals surface area contributed by atoms with E-state index in [1.165, 1.54) is 0 Å². The number of benzene rings is 3. The average Bonchev–Trinajstić information content (AvgIpc) is 3.20. The van der Waals surface area contributed by atoms with Crippen LogP contribution in [0.15, 0.2) is 72.3 Å². The molecule has 7 nitrogen and oxygen atoms in total. The monoisotopic (exact) mass is 540 g/mol. The number of carbonyl (C=O) groups excluding carboxylic acids is 2. The number of aliphatic hydroxyl groups is 1. The molecule has 1 atom stereocenters. The normalized spacial score (nSPS) is 18.5. The molecule has 1 fully saturated rings. The summed E-state index contributed by atoms with van der Waals surface area (Å²) in [5.41, 5.74) is 4.29. The quantitative estimate of drug-likeness (QED) is 0.253. The molecule has 0 saturated carbocycles. The van der Waals surface area contributed by atoms with Crippen LogP contribution in [0.1, 0.15) is 49.1 Å². The van der Waals surface area contributed by atoms with Crippen molar-refractivity contribution in [2.24, 2.45) is 0 Å². The van der Waals surface area contributed by atoms with Gasteiger partial charge in [0.15, 0.2) is 0 Å². The molecule has 208 valence electrons. The summed E-state index contributed by atoms with van der Waals surface area (Å²) in [5, 5.41) is 11.6. The maximum atomic E-state index is 13.5. The first-order valence-corrected chi connectivity index (χ1v) is 13.6. The van der Waals surface area contributed by atoms with E-state index in [1.54, 1.807) is 24.1 Å². The summed E-state index contributed by atoms with van der Waals surface area (Å²) in [4.78, 5) is 30.6. The van der Waals surface area contributed by atoms with Gasteiger partial charge in [-0.1, -0.05) is 57.2 Å². The standard InChI is InChI=1S/C33H36N2O5/c1-33(2,3)24-11-8-22(9-12-24)29-28(30(36)23-10-15-27-26(20-23)34(4)18-19-40-27)31(37)32(38)35(29)17-16-21-6-13-25(39-5)14-7-21/h6-15,20,29,36H,16-19H2,1-5H3/b30-28-. The van der Waals surface area contributed by atoms with E-state index in [0.29, 0.717) is 31.7 Å². The highest BCUT2D eigenvalue weighted by Gasteiger charge is 2.46. The number of aliphatic hydroxyl groups excluding tert-OH is 1. The summed E-state index contributed by atoms with van der Waals surface area (Å²) >= 11 is 0. The molecule has 2 aliphatic heterocycles. The SMILES string of the molecule is COc1ccc(CCN2C(=O)C(=O)/C(=C(\O)c3ccc4c(c3)N(C)CCO4)C2c2ccc(C(C)(C)C)cc2)cc1. The maximum absolute atomic E-state index is 13.5. The Bertz CT molecular complexity index is 1450. The highest BCUT2D eigenvalue weighted by molar-refractivity contribution is 6.46. The van der Waals surface area contributed by atoms with E-state index >= 15 is 0 Å². The molecule has 3 aromatic carbocycles. The zero-order valence-electron chi connectivity index (χ0n) is 23.7. The van der Waals surface area contributed by atoms with Crippen LogP contribution < -0.4 is 14.4 Å². The van der Waals surface area contributed by atoms with Crippen LogP contribution >= 0.6 is 0 Å². The van der Waals surface area contributed by atoms with Crippen molar-refractivity contribution in [3.8, 4) is 11.5 Å². The summed E-state index contributed by atoms with van der Waals surface area (Å²) in [5.74, 6) is -0.00131. The van der Waals surface area contributed by atoms with Gasteiger partial charge in [-0.3, -0.25) is 9.59 Å². The molecule has 2 heterocycles. The molecule has 0 aromatic heterocycles. The van der Waals surface area contributed by atoms with Crippen LogP contribution in [-0.2, 0) is 21.4 Å². The van der Waals surface area contributed by atoms with Crippen LogP contribution in [0.3, 0.4) is 0 Å². The Balaban J connectivity index is 1.56. The van der Waals surface area contributed by atoms with Gasteiger partial charge in [-0.2, -0.15) is 0 Å². The smallest absolute Gasteiger partial charge is 0.295 e. The second-order valence-corrected chi connectivity index (χ2v) is 11.4. The summed E-state index contributed by atoms with van der Waals surface area (Å²) in [6, 6.07) is 20.3. The molecule has 3 aromatic rings. The molecule has 7 heteroatoms. The van der Waals surface area contributed by atoms with Crippen molar-refractivity contribution in [3.63, 3.8) is 0 Å². The Morgan fingerprint density at radius 1 is 1.02 bits per heavy atom. The van der Waals surface area contributed by atoms with Gasteiger partial charge in [-0.05, 0) is 58.9 Å². The van der Waals surface area contributed by atoms with Crippen molar-refractivity contribution in [1.29, 1.82) is 0 Å². The Kier molecular flexibility index (Phi) is 7.32. The highest BCUT2D eigenvalue weighted by atomic mass is 16.5. The zero-order chi connectivity index (χ0) is 28.6. The third kappa shape index (κ3) is 5.16. The third-order valence-electron chi connectivity index (χ3n) is 7.76. The van der Waals surface area contributed by atoms with E-state index in [-0.39, 0.29) is 16.7 Å². The summed E-state index contributed by atoms with van der Waals surface area (Å²) < 4.78 is 11.0. The Hall–Kier alpha value is -4.26. The van der Waals surface area contributed by atoms with Gasteiger partial charge >= 0.3 is 0 Å². The molecular weight excluding hydrogens is 504 g/mol. The lowest BCUT2D eigenvalue weighted by Crippen LogP contribution is -2.31. The minimum Gasteiger partial charge on any atom is -0.507 e. The minimum atomic E-state index is -0.711. The second kappa shape index (κ2) is 10.7. The number of likely N-dealkylation sites (N-methyl/N-ethyl adjacent to an activating group) is 1. The molecule has 40 heavy (non-hydrogen) atoms. The van der Waals surface area contributed by atoms with E-state index in [4.69, 9.17) is 9.47 Å². The number of ether oxygens (including phenoxy) is 2. The van der Waals surface area contributed by atoms with Crippen molar-refractivity contribution in [1.82, 2.24) is 4.90 Å². The van der Waals surface area contributed by atoms with Crippen molar-refractivity contribution in [2.75, 3.05) is 38.8 Å². The number of anilines is 1. The van der Waals surface area contributed by atoms with E-state index in [9.17, 15) is 14.7 Å². The zero-order valence-corrected chi connectivity index (χ0v) is 23.7. The largest absolute Gasteiger partial charge is 0.507 e. The Morgan fingerprint density at radius 3 is 2.38 bits per heavy atom. The van der Waals surface area contributed by atoms with Crippen molar-refractivity contribution < 1.29 is 24.2 Å². The molecule has 1 saturated heterocycles. The molecule has 5 rings (SSSR count). The first-order chi connectivity index (χ1) is 19.1. The van der Waals surface area contributed by atoms with Crippen LogP contribution in [0, 0.1) is 0 Å². The number of Topliss-reactive ketones (excluding diaryl/α,β-unsaturated/α-hetero) is 1. The fraction of sp³-hybridized carbons (Fsp3) is 0.333. The lowest BCUT2D eigenvalue weighted by atomic mass is 9.85. The fourth-order valence-electron chi connectivity index (χ4n) is 5.32. The predicted molar refractivity (Wildman–Crippen MR) is 156 cm³/mol. The van der Waals surface area contributed by atoms with Crippen LogP contribution in [0.5, 0.6) is 11.5 Å². The summed E-state index contributed by atoms with van der Waals surface area (Å²) in [6.45, 7) is 8.03. The molecule has 0 radical (unpaired) electrons. The van der Waals surface area contributed by atoms with Crippen LogP contribution in [0.4, 0.5) is 5.69 Å². The topological polar surface area (TPSA) is 79.3 Å². The predicted octanol–water partition coefficient (Wildman–Crippen LogP) is 5.49. The molecule has 0 aliphatic carbocycles. The third-order valence-corrected chi connectivity index (χ3v) is 7.76. The molecule has 1 amide bonds. The number of ketones is 1. The van der Waals surface area contributed by atoms with E-state index in [1.807, 2.05) is 66.5 Å². The molecule has 2 aliphatic rings. The Morgan fingerprint density at radius 2 is 1.73 bits per heavy atom. The van der Waals surface area contributed by atoms with Gasteiger partial charge < -0.3 is 24.4 Å². The molecule has 0 bridgehead atoms. The van der Waals surface area contributed by atoms with Gasteiger partial charge in [-0.15, -0.1) is 0 Å². The molecule has 1 N–H and O–H groups in total. The van der Waals surface area contributed by atoms with E-state index < -0.39 is 17.7 Å². The first-order valence-electron chi connectivity index (χ1n) is 13.6. The van der Waals surface area contributed by atoms with Crippen molar-refractivity contribution in [3.05, 3.63) is 94.6 Å². The number of fused-ring (bicyclic) bond motifs is 1. The number of rotatable bonds is 6. The summed E-state index contributed by atoms with van der Waals surface area (Å²) in [6.07, 6.45) is 0.550. The number of hydrogen-bond donors (Lipinski definition) is 1.